The van der Waals surface area contributed by atoms with Gasteiger partial charge in [0, 0.05) is 7.11 Å². The Morgan fingerprint density at radius 3 is 2.28 bits per heavy atom. The van der Waals surface area contributed by atoms with Crippen molar-refractivity contribution in [3.8, 4) is 0 Å². The van der Waals surface area contributed by atoms with Crippen LogP contribution >= 0.6 is 0 Å². The van der Waals surface area contributed by atoms with Gasteiger partial charge >= 0.3 is 0 Å². The first kappa shape index (κ1) is 20.2. The first-order valence-electron chi connectivity index (χ1n) is 8.01. The van der Waals surface area contributed by atoms with Crippen LogP contribution in [0.4, 0.5) is 0 Å². The monoisotopic (exact) mass is 373 g/mol. The lowest BCUT2D eigenvalue weighted by Crippen LogP contribution is -2.58. The van der Waals surface area contributed by atoms with E-state index < -0.39 is 40.6 Å². The van der Waals surface area contributed by atoms with Crippen molar-refractivity contribution >= 4 is 10.1 Å². The molecule has 2 rings (SSSR count). The zero-order valence-electron chi connectivity index (χ0n) is 14.7. The van der Waals surface area contributed by atoms with Gasteiger partial charge in [0.2, 0.25) is 0 Å². The molecule has 1 fully saturated rings. The van der Waals surface area contributed by atoms with Crippen molar-refractivity contribution in [2.45, 2.75) is 56.2 Å². The maximum Gasteiger partial charge on any atom is 0.294 e. The van der Waals surface area contributed by atoms with Crippen molar-refractivity contribution in [2.75, 3.05) is 13.7 Å². The predicted octanol–water partition coefficient (Wildman–Crippen LogP) is 0.878. The summed E-state index contributed by atoms with van der Waals surface area (Å²) < 4.78 is 40.4. The lowest BCUT2D eigenvalue weighted by atomic mass is 9.96. The number of hydrogen-bond acceptors (Lipinski definition) is 7. The van der Waals surface area contributed by atoms with Crippen molar-refractivity contribution in [3.05, 3.63) is 35.7 Å². The van der Waals surface area contributed by atoms with Crippen molar-refractivity contribution < 1.29 is 32.3 Å². The first-order chi connectivity index (χ1) is 11.7. The molecule has 5 atom stereocenters. The second-order valence-electron chi connectivity index (χ2n) is 6.32. The summed E-state index contributed by atoms with van der Waals surface area (Å²) in [5.41, 5.74) is 0.944. The Labute approximate surface area is 148 Å². The molecule has 0 spiro atoms. The summed E-state index contributed by atoms with van der Waals surface area (Å²) in [4.78, 5) is 0.0379. The van der Waals surface area contributed by atoms with Gasteiger partial charge in [-0.2, -0.15) is 32.0 Å². The summed E-state index contributed by atoms with van der Waals surface area (Å²) in [5, 5.41) is 19.9. The lowest BCUT2D eigenvalue weighted by Gasteiger charge is -2.40. The molecular formula is C17H25O7S-. The van der Waals surface area contributed by atoms with Gasteiger partial charge in [-0.3, -0.25) is 4.18 Å². The van der Waals surface area contributed by atoms with E-state index >= 15 is 0 Å². The number of rotatable bonds is 6. The van der Waals surface area contributed by atoms with Crippen LogP contribution in [0.1, 0.15) is 26.3 Å². The van der Waals surface area contributed by atoms with E-state index in [0.29, 0.717) is 0 Å². The highest BCUT2D eigenvalue weighted by Gasteiger charge is 2.43. The summed E-state index contributed by atoms with van der Waals surface area (Å²) in [6, 6.07) is 6.38. The molecule has 1 heterocycles. The van der Waals surface area contributed by atoms with Gasteiger partial charge in [0.1, 0.15) is 24.4 Å². The molecule has 2 N–H and O–H groups in total. The van der Waals surface area contributed by atoms with Crippen LogP contribution in [0.2, 0.25) is 0 Å². The van der Waals surface area contributed by atoms with Gasteiger partial charge in [-0.25, -0.2) is 0 Å². The molecule has 1 saturated heterocycles. The molecule has 1 aromatic carbocycles. The van der Waals surface area contributed by atoms with Crippen LogP contribution in [-0.2, 0) is 23.8 Å². The quantitative estimate of drug-likeness (QED) is 0.564. The fourth-order valence-electron chi connectivity index (χ4n) is 2.73. The first-order valence-corrected chi connectivity index (χ1v) is 9.42. The Bertz CT molecular complexity index is 656. The lowest BCUT2D eigenvalue weighted by molar-refractivity contribution is -0.229. The molecule has 25 heavy (non-hydrogen) atoms. The Hall–Kier alpha value is -1.16. The Morgan fingerprint density at radius 2 is 1.76 bits per heavy atom. The van der Waals surface area contributed by atoms with Gasteiger partial charge in [-0.15, -0.1) is 0 Å². The number of aliphatic hydroxyl groups is 2. The van der Waals surface area contributed by atoms with Crippen LogP contribution in [-0.4, -0.2) is 62.9 Å². The van der Waals surface area contributed by atoms with E-state index in [1.165, 1.54) is 19.2 Å². The zero-order chi connectivity index (χ0) is 18.8. The number of methoxy groups -OCH3 is 1. The summed E-state index contributed by atoms with van der Waals surface area (Å²) in [6.45, 7) is 5.14. The largest absolute Gasteiger partial charge is 0.388 e. The van der Waals surface area contributed by atoms with Crippen molar-refractivity contribution in [1.29, 1.82) is 0 Å². The van der Waals surface area contributed by atoms with Crippen LogP contribution in [0.15, 0.2) is 29.2 Å². The number of hydrogen-bond donors (Lipinski definition) is 2. The highest BCUT2D eigenvalue weighted by Crippen LogP contribution is 2.25. The van der Waals surface area contributed by atoms with Crippen molar-refractivity contribution in [2.24, 2.45) is 0 Å². The third kappa shape index (κ3) is 4.52. The molecule has 0 aliphatic carbocycles. The van der Waals surface area contributed by atoms with Crippen molar-refractivity contribution in [3.63, 3.8) is 0 Å². The molecule has 0 bridgehead atoms. The Kier molecular flexibility index (Phi) is 6.47. The van der Waals surface area contributed by atoms with Gasteiger partial charge < -0.3 is 19.7 Å². The van der Waals surface area contributed by atoms with Crippen LogP contribution < -0.4 is 0 Å². The molecular weight excluding hydrogens is 348 g/mol. The fraction of sp³-hybridized carbons (Fsp3) is 0.588. The summed E-state index contributed by atoms with van der Waals surface area (Å²) in [7, 11) is -2.62. The maximum absolute atomic E-state index is 12.3. The highest BCUT2D eigenvalue weighted by molar-refractivity contribution is 7.86. The zero-order valence-corrected chi connectivity index (χ0v) is 15.6. The highest BCUT2D eigenvalue weighted by atomic mass is 32.2. The molecule has 0 saturated carbocycles. The van der Waals surface area contributed by atoms with E-state index in [1.54, 1.807) is 19.1 Å². The summed E-state index contributed by atoms with van der Waals surface area (Å²) in [6.07, 6.45) is -4.67. The minimum absolute atomic E-state index is 0.0379. The molecule has 7 nitrogen and oxygen atoms in total. The van der Waals surface area contributed by atoms with Gasteiger partial charge in [0.25, 0.3) is 10.1 Å². The fourth-order valence-corrected chi connectivity index (χ4v) is 3.65. The minimum Gasteiger partial charge on any atom is -0.388 e. The van der Waals surface area contributed by atoms with Crippen molar-refractivity contribution in [1.82, 2.24) is 0 Å². The molecule has 8 heteroatoms. The maximum atomic E-state index is 12.3. The molecule has 1 aromatic rings. The SMILES string of the molecule is COC1C(COS(=O)(=O)c2ccc([C-](C)C)cc2)OC(C)C(O)C1O. The third-order valence-corrected chi connectivity index (χ3v) is 5.60. The normalized spacial score (nSPS) is 30.2. The molecule has 1 aliphatic rings. The van der Waals surface area contributed by atoms with Gasteiger partial charge in [0.05, 0.1) is 17.6 Å². The second-order valence-corrected chi connectivity index (χ2v) is 7.94. The summed E-state index contributed by atoms with van der Waals surface area (Å²) >= 11 is 0. The number of benzene rings is 1. The molecule has 0 aromatic heterocycles. The van der Waals surface area contributed by atoms with E-state index in [2.05, 4.69) is 0 Å². The van der Waals surface area contributed by atoms with E-state index in [0.717, 1.165) is 11.5 Å². The van der Waals surface area contributed by atoms with E-state index in [4.69, 9.17) is 13.7 Å². The molecule has 5 unspecified atom stereocenters. The number of ether oxygens (including phenoxy) is 2. The minimum atomic E-state index is -3.97. The third-order valence-electron chi connectivity index (χ3n) is 4.30. The van der Waals surface area contributed by atoms with Gasteiger partial charge in [-0.05, 0) is 6.92 Å². The van der Waals surface area contributed by atoms with E-state index in [-0.39, 0.29) is 11.5 Å². The standard InChI is InChI=1S/C17H25O7S/c1-10(2)12-5-7-13(8-6-12)25(20,21)23-9-14-17(22-4)16(19)15(18)11(3)24-14/h5-8,11,14-19H,9H2,1-4H3/q-1. The van der Waals surface area contributed by atoms with Crippen LogP contribution in [0.25, 0.3) is 0 Å². The van der Waals surface area contributed by atoms with Crippen LogP contribution in [0, 0.1) is 5.92 Å². The Morgan fingerprint density at radius 1 is 1.16 bits per heavy atom. The molecule has 1 aliphatic heterocycles. The second kappa shape index (κ2) is 8.03. The average molecular weight is 373 g/mol. The molecule has 142 valence electrons. The Balaban J connectivity index is 2.07. The molecule has 0 amide bonds. The van der Waals surface area contributed by atoms with E-state index in [9.17, 15) is 18.6 Å². The molecule has 0 radical (unpaired) electrons. The predicted molar refractivity (Wildman–Crippen MR) is 90.4 cm³/mol. The smallest absolute Gasteiger partial charge is 0.294 e. The number of aliphatic hydroxyl groups excluding tert-OH is 2. The topological polar surface area (TPSA) is 102 Å². The van der Waals surface area contributed by atoms with E-state index in [1.807, 2.05) is 13.8 Å². The van der Waals surface area contributed by atoms with Crippen LogP contribution in [0.3, 0.4) is 0 Å². The summed E-state index contributed by atoms with van der Waals surface area (Å²) in [5.74, 6) is 1.07. The average Bonchev–Trinajstić information content (AvgIpc) is 2.58. The van der Waals surface area contributed by atoms with Gasteiger partial charge in [0.15, 0.2) is 0 Å². The van der Waals surface area contributed by atoms with Gasteiger partial charge in [-0.1, -0.05) is 26.0 Å². The van der Waals surface area contributed by atoms with Crippen LogP contribution in [0.5, 0.6) is 0 Å².